The number of anilines is 1. The van der Waals surface area contributed by atoms with Crippen LogP contribution in [0.5, 0.6) is 5.75 Å². The zero-order valence-electron chi connectivity index (χ0n) is 11.1. The van der Waals surface area contributed by atoms with Crippen molar-refractivity contribution in [2.75, 3.05) is 5.32 Å². The predicted molar refractivity (Wildman–Crippen MR) is 74.6 cm³/mol. The van der Waals surface area contributed by atoms with Crippen LogP contribution in [-0.2, 0) is 0 Å². The number of para-hydroxylation sites is 2. The van der Waals surface area contributed by atoms with Crippen molar-refractivity contribution >= 4 is 5.69 Å². The van der Waals surface area contributed by atoms with Crippen molar-refractivity contribution in [3.8, 4) is 5.75 Å². The molecule has 0 aliphatic heterocycles. The minimum Gasteiger partial charge on any atom is -0.506 e. The fourth-order valence-corrected chi connectivity index (χ4v) is 2.09. The lowest BCUT2D eigenvalue weighted by Crippen LogP contribution is -2.19. The lowest BCUT2D eigenvalue weighted by molar-refractivity contribution is 0.474. The van der Waals surface area contributed by atoms with Gasteiger partial charge in [0.25, 0.3) is 0 Å². The molecule has 0 aromatic heterocycles. The van der Waals surface area contributed by atoms with E-state index >= 15 is 0 Å². The number of unbranched alkanes of at least 4 members (excludes halogenated alkanes) is 2. The molecule has 0 aliphatic carbocycles. The van der Waals surface area contributed by atoms with Crippen molar-refractivity contribution in [1.82, 2.24) is 0 Å². The Bertz CT molecular complexity index is 312. The first-order valence-corrected chi connectivity index (χ1v) is 6.82. The molecule has 0 aliphatic rings. The Labute approximate surface area is 105 Å². The van der Waals surface area contributed by atoms with Gasteiger partial charge in [-0.3, -0.25) is 0 Å². The summed E-state index contributed by atoms with van der Waals surface area (Å²) in [4.78, 5) is 0. The molecule has 1 aromatic rings. The van der Waals surface area contributed by atoms with Crippen LogP contribution in [0.4, 0.5) is 5.69 Å². The van der Waals surface area contributed by atoms with Gasteiger partial charge in [0.1, 0.15) is 5.75 Å². The molecule has 0 heterocycles. The average Bonchev–Trinajstić information content (AvgIpc) is 2.32. The summed E-state index contributed by atoms with van der Waals surface area (Å²) in [6, 6.07) is 7.97. The monoisotopic (exact) mass is 235 g/mol. The fourth-order valence-electron chi connectivity index (χ4n) is 2.09. The summed E-state index contributed by atoms with van der Waals surface area (Å²) in [5.41, 5.74) is 0.863. The van der Waals surface area contributed by atoms with Crippen LogP contribution in [0.3, 0.4) is 0 Å². The first-order valence-electron chi connectivity index (χ1n) is 6.82. The van der Waals surface area contributed by atoms with Gasteiger partial charge < -0.3 is 10.4 Å². The van der Waals surface area contributed by atoms with Gasteiger partial charge in [0.05, 0.1) is 5.69 Å². The second-order valence-electron chi connectivity index (χ2n) is 4.64. The van der Waals surface area contributed by atoms with Gasteiger partial charge in [-0.1, -0.05) is 51.7 Å². The zero-order valence-corrected chi connectivity index (χ0v) is 11.1. The SMILES string of the molecule is CCCCCC(CCC)Nc1ccccc1O. The van der Waals surface area contributed by atoms with E-state index in [-0.39, 0.29) is 0 Å². The van der Waals surface area contributed by atoms with E-state index < -0.39 is 0 Å². The van der Waals surface area contributed by atoms with Crippen LogP contribution in [-0.4, -0.2) is 11.1 Å². The van der Waals surface area contributed by atoms with Crippen LogP contribution in [0.1, 0.15) is 52.4 Å². The van der Waals surface area contributed by atoms with E-state index in [1.54, 1.807) is 6.07 Å². The second kappa shape index (κ2) is 7.99. The van der Waals surface area contributed by atoms with E-state index in [9.17, 15) is 5.11 Å². The lowest BCUT2D eigenvalue weighted by Gasteiger charge is -2.20. The standard InChI is InChI=1S/C15H25NO/c1-3-5-6-10-13(9-4-2)16-14-11-7-8-12-15(14)17/h7-8,11-13,16-17H,3-6,9-10H2,1-2H3. The molecular formula is C15H25NO. The van der Waals surface area contributed by atoms with E-state index in [0.29, 0.717) is 11.8 Å². The van der Waals surface area contributed by atoms with E-state index in [4.69, 9.17) is 0 Å². The Balaban J connectivity index is 2.50. The normalized spacial score (nSPS) is 12.4. The predicted octanol–water partition coefficient (Wildman–Crippen LogP) is 4.55. The summed E-state index contributed by atoms with van der Waals surface area (Å²) in [5, 5.41) is 13.2. The zero-order chi connectivity index (χ0) is 12.5. The van der Waals surface area contributed by atoms with E-state index in [2.05, 4.69) is 19.2 Å². The van der Waals surface area contributed by atoms with Crippen molar-refractivity contribution in [3.05, 3.63) is 24.3 Å². The summed E-state index contributed by atoms with van der Waals surface area (Å²) in [7, 11) is 0. The van der Waals surface area contributed by atoms with Crippen LogP contribution >= 0.6 is 0 Å². The molecule has 0 amide bonds. The Morgan fingerprint density at radius 2 is 1.82 bits per heavy atom. The van der Waals surface area contributed by atoms with Gasteiger partial charge in [-0.25, -0.2) is 0 Å². The van der Waals surface area contributed by atoms with Crippen LogP contribution in [0, 0.1) is 0 Å². The number of phenolic OH excluding ortho intramolecular Hbond substituents is 1. The molecule has 0 bridgehead atoms. The first kappa shape index (κ1) is 13.9. The molecule has 1 atom stereocenters. The molecule has 0 radical (unpaired) electrons. The molecule has 2 N–H and O–H groups in total. The Morgan fingerprint density at radius 3 is 2.47 bits per heavy atom. The Kier molecular flexibility index (Phi) is 6.53. The van der Waals surface area contributed by atoms with Crippen molar-refractivity contribution < 1.29 is 5.11 Å². The Morgan fingerprint density at radius 1 is 1.06 bits per heavy atom. The smallest absolute Gasteiger partial charge is 0.138 e. The van der Waals surface area contributed by atoms with Crippen molar-refractivity contribution in [3.63, 3.8) is 0 Å². The van der Waals surface area contributed by atoms with Crippen molar-refractivity contribution in [1.29, 1.82) is 0 Å². The first-order chi connectivity index (χ1) is 8.27. The molecular weight excluding hydrogens is 210 g/mol. The minimum atomic E-state index is 0.351. The van der Waals surface area contributed by atoms with Gasteiger partial charge >= 0.3 is 0 Å². The van der Waals surface area contributed by atoms with Gasteiger partial charge in [-0.05, 0) is 25.0 Å². The molecule has 17 heavy (non-hydrogen) atoms. The summed E-state index contributed by atoms with van der Waals surface area (Å²) in [5.74, 6) is 0.351. The highest BCUT2D eigenvalue weighted by Crippen LogP contribution is 2.24. The topological polar surface area (TPSA) is 32.3 Å². The van der Waals surface area contributed by atoms with Crippen LogP contribution < -0.4 is 5.32 Å². The minimum absolute atomic E-state index is 0.351. The van der Waals surface area contributed by atoms with Crippen molar-refractivity contribution in [2.24, 2.45) is 0 Å². The number of hydrogen-bond acceptors (Lipinski definition) is 2. The van der Waals surface area contributed by atoms with Crippen LogP contribution in [0.15, 0.2) is 24.3 Å². The summed E-state index contributed by atoms with van der Waals surface area (Å²) in [6.45, 7) is 4.44. The maximum Gasteiger partial charge on any atom is 0.138 e. The number of nitrogens with one attached hydrogen (secondary N) is 1. The molecule has 0 fully saturated rings. The van der Waals surface area contributed by atoms with Crippen molar-refractivity contribution in [2.45, 2.75) is 58.4 Å². The van der Waals surface area contributed by atoms with Gasteiger partial charge in [-0.15, -0.1) is 0 Å². The molecule has 0 saturated carbocycles. The number of aromatic hydroxyl groups is 1. The molecule has 96 valence electrons. The molecule has 1 rings (SSSR count). The molecule has 2 heteroatoms. The van der Waals surface area contributed by atoms with Crippen LogP contribution in [0.2, 0.25) is 0 Å². The third-order valence-corrected chi connectivity index (χ3v) is 3.06. The second-order valence-corrected chi connectivity index (χ2v) is 4.64. The molecule has 0 spiro atoms. The molecule has 2 nitrogen and oxygen atoms in total. The number of benzene rings is 1. The number of rotatable bonds is 8. The van der Waals surface area contributed by atoms with Gasteiger partial charge in [-0.2, -0.15) is 0 Å². The summed E-state index contributed by atoms with van der Waals surface area (Å²) in [6.07, 6.45) is 7.35. The summed E-state index contributed by atoms with van der Waals surface area (Å²) < 4.78 is 0. The van der Waals surface area contributed by atoms with E-state index in [1.165, 1.54) is 32.1 Å². The van der Waals surface area contributed by atoms with Gasteiger partial charge in [0.2, 0.25) is 0 Å². The maximum absolute atomic E-state index is 9.74. The lowest BCUT2D eigenvalue weighted by atomic mass is 10.0. The largest absolute Gasteiger partial charge is 0.506 e. The maximum atomic E-state index is 9.74. The van der Waals surface area contributed by atoms with Gasteiger partial charge in [0.15, 0.2) is 0 Å². The number of hydrogen-bond donors (Lipinski definition) is 2. The van der Waals surface area contributed by atoms with Gasteiger partial charge in [0, 0.05) is 6.04 Å². The third kappa shape index (κ3) is 5.12. The summed E-state index contributed by atoms with van der Waals surface area (Å²) >= 11 is 0. The number of phenols is 1. The van der Waals surface area contributed by atoms with Crippen LogP contribution in [0.25, 0.3) is 0 Å². The van der Waals surface area contributed by atoms with E-state index in [1.807, 2.05) is 18.2 Å². The quantitative estimate of drug-likeness (QED) is 0.511. The Hall–Kier alpha value is -1.18. The highest BCUT2D eigenvalue weighted by molar-refractivity contribution is 5.55. The highest BCUT2D eigenvalue weighted by Gasteiger charge is 2.09. The highest BCUT2D eigenvalue weighted by atomic mass is 16.3. The van der Waals surface area contributed by atoms with E-state index in [0.717, 1.165) is 12.1 Å². The molecule has 1 unspecified atom stereocenters. The third-order valence-electron chi connectivity index (χ3n) is 3.06. The molecule has 0 saturated heterocycles. The molecule has 1 aromatic carbocycles. The average molecular weight is 235 g/mol. The fraction of sp³-hybridized carbons (Fsp3) is 0.600.